The molecule has 0 spiro atoms. The zero-order valence-corrected chi connectivity index (χ0v) is 11.2. The monoisotopic (exact) mass is 257 g/mol. The number of aromatic nitrogens is 2. The molecule has 1 heterocycles. The second-order valence-electron chi connectivity index (χ2n) is 5.07. The highest BCUT2D eigenvalue weighted by molar-refractivity contribution is 5.30. The van der Waals surface area contributed by atoms with E-state index in [-0.39, 0.29) is 0 Å². The van der Waals surface area contributed by atoms with Gasteiger partial charge in [0.15, 0.2) is 0 Å². The van der Waals surface area contributed by atoms with Crippen LogP contribution in [0.3, 0.4) is 0 Å². The molecule has 0 amide bonds. The zero-order valence-electron chi connectivity index (χ0n) is 11.2. The number of nitrogens with zero attached hydrogens (tertiary/aromatic N) is 2. The molecule has 0 radical (unpaired) electrons. The van der Waals surface area contributed by atoms with Crippen LogP contribution in [0.15, 0.2) is 34.7 Å². The molecule has 1 aromatic carbocycles. The number of nitrogens with one attached hydrogen (secondary N) is 1. The molecule has 2 aromatic rings. The molecule has 4 heteroatoms. The summed E-state index contributed by atoms with van der Waals surface area (Å²) in [5, 5.41) is 11.5. The van der Waals surface area contributed by atoms with E-state index >= 15 is 0 Å². The van der Waals surface area contributed by atoms with Crippen molar-refractivity contribution in [3.63, 3.8) is 0 Å². The van der Waals surface area contributed by atoms with Gasteiger partial charge in [-0.15, -0.1) is 10.2 Å². The molecule has 2 unspecified atom stereocenters. The van der Waals surface area contributed by atoms with E-state index in [2.05, 4.69) is 46.7 Å². The maximum absolute atomic E-state index is 5.72. The van der Waals surface area contributed by atoms with Gasteiger partial charge in [0.1, 0.15) is 0 Å². The Hall–Kier alpha value is -1.68. The quantitative estimate of drug-likeness (QED) is 0.808. The number of hydrogen-bond acceptors (Lipinski definition) is 4. The fraction of sp³-hybridized carbons (Fsp3) is 0.467. The molecular formula is C15H19N3O. The van der Waals surface area contributed by atoms with Crippen molar-refractivity contribution in [1.82, 2.24) is 15.5 Å². The highest BCUT2D eigenvalue weighted by Gasteiger charge is 2.43. The van der Waals surface area contributed by atoms with E-state index in [9.17, 15) is 0 Å². The third kappa shape index (κ3) is 2.84. The van der Waals surface area contributed by atoms with Crippen LogP contribution >= 0.6 is 0 Å². The van der Waals surface area contributed by atoms with Gasteiger partial charge in [-0.1, -0.05) is 37.3 Å². The van der Waals surface area contributed by atoms with Crippen molar-refractivity contribution in [2.24, 2.45) is 0 Å². The van der Waals surface area contributed by atoms with Gasteiger partial charge in [-0.05, 0) is 30.9 Å². The van der Waals surface area contributed by atoms with Gasteiger partial charge >= 0.3 is 0 Å². The van der Waals surface area contributed by atoms with Crippen molar-refractivity contribution in [3.8, 4) is 0 Å². The topological polar surface area (TPSA) is 51.0 Å². The summed E-state index contributed by atoms with van der Waals surface area (Å²) in [6, 6.07) is 10.6. The summed E-state index contributed by atoms with van der Waals surface area (Å²) in [6.45, 7) is 3.79. The fourth-order valence-electron chi connectivity index (χ4n) is 2.40. The third-order valence-corrected chi connectivity index (χ3v) is 3.52. The van der Waals surface area contributed by atoms with E-state index in [0.717, 1.165) is 25.3 Å². The molecule has 100 valence electrons. The molecule has 4 nitrogen and oxygen atoms in total. The first kappa shape index (κ1) is 12.4. The molecule has 1 aliphatic carbocycles. The second-order valence-corrected chi connectivity index (χ2v) is 5.07. The summed E-state index contributed by atoms with van der Waals surface area (Å²) >= 11 is 0. The lowest BCUT2D eigenvalue weighted by atomic mass is 10.1. The first-order chi connectivity index (χ1) is 9.38. The molecule has 1 fully saturated rings. The highest BCUT2D eigenvalue weighted by Crippen LogP contribution is 2.53. The Kier molecular flexibility index (Phi) is 3.60. The first-order valence-corrected chi connectivity index (χ1v) is 6.96. The molecule has 3 rings (SSSR count). The van der Waals surface area contributed by atoms with Crippen LogP contribution < -0.4 is 5.32 Å². The maximum Gasteiger partial charge on any atom is 0.230 e. The van der Waals surface area contributed by atoms with Gasteiger partial charge in [-0.3, -0.25) is 0 Å². The third-order valence-electron chi connectivity index (χ3n) is 3.52. The van der Waals surface area contributed by atoms with Crippen LogP contribution in [-0.2, 0) is 6.54 Å². The lowest BCUT2D eigenvalue weighted by Crippen LogP contribution is -2.13. The number of hydrogen-bond donors (Lipinski definition) is 1. The van der Waals surface area contributed by atoms with Crippen LogP contribution in [0.5, 0.6) is 0 Å². The SMILES string of the molecule is CCCNCc1nnc(C2CC2c2ccccc2)o1. The Morgan fingerprint density at radius 2 is 2.05 bits per heavy atom. The zero-order chi connectivity index (χ0) is 13.1. The normalized spacial score (nSPS) is 21.5. The van der Waals surface area contributed by atoms with Crippen LogP contribution in [-0.4, -0.2) is 16.7 Å². The molecule has 19 heavy (non-hydrogen) atoms. The Morgan fingerprint density at radius 3 is 2.84 bits per heavy atom. The summed E-state index contributed by atoms with van der Waals surface area (Å²) in [4.78, 5) is 0. The lowest BCUT2D eigenvalue weighted by molar-refractivity contribution is 0.432. The van der Waals surface area contributed by atoms with E-state index in [0.29, 0.717) is 24.3 Å². The van der Waals surface area contributed by atoms with Crippen molar-refractivity contribution in [2.45, 2.75) is 38.1 Å². The van der Waals surface area contributed by atoms with E-state index in [1.165, 1.54) is 5.56 Å². The fourth-order valence-corrected chi connectivity index (χ4v) is 2.40. The molecule has 0 saturated heterocycles. The minimum atomic E-state index is 0.412. The summed E-state index contributed by atoms with van der Waals surface area (Å²) in [5.41, 5.74) is 1.37. The Morgan fingerprint density at radius 1 is 1.21 bits per heavy atom. The molecule has 1 aromatic heterocycles. The van der Waals surface area contributed by atoms with Gasteiger partial charge < -0.3 is 9.73 Å². The van der Waals surface area contributed by atoms with Gasteiger partial charge in [0.25, 0.3) is 0 Å². The molecule has 0 aliphatic heterocycles. The van der Waals surface area contributed by atoms with Gasteiger partial charge in [0.2, 0.25) is 11.8 Å². The van der Waals surface area contributed by atoms with Crippen molar-refractivity contribution in [1.29, 1.82) is 0 Å². The van der Waals surface area contributed by atoms with Crippen LogP contribution in [0.2, 0.25) is 0 Å². The van der Waals surface area contributed by atoms with Crippen LogP contribution in [0.25, 0.3) is 0 Å². The summed E-state index contributed by atoms with van der Waals surface area (Å²) in [6.07, 6.45) is 2.23. The van der Waals surface area contributed by atoms with E-state index in [4.69, 9.17) is 4.42 Å². The van der Waals surface area contributed by atoms with Crippen molar-refractivity contribution in [3.05, 3.63) is 47.7 Å². The average molecular weight is 257 g/mol. The largest absolute Gasteiger partial charge is 0.424 e. The molecule has 1 saturated carbocycles. The van der Waals surface area contributed by atoms with Crippen molar-refractivity contribution >= 4 is 0 Å². The molecule has 0 bridgehead atoms. The second kappa shape index (κ2) is 5.53. The Balaban J connectivity index is 1.59. The van der Waals surface area contributed by atoms with Crippen LogP contribution in [0.4, 0.5) is 0 Å². The minimum absolute atomic E-state index is 0.412. The lowest BCUT2D eigenvalue weighted by Gasteiger charge is -1.97. The molecule has 1 aliphatic rings. The Labute approximate surface area is 113 Å². The summed E-state index contributed by atoms with van der Waals surface area (Å²) < 4.78 is 5.72. The molecule has 2 atom stereocenters. The molecular weight excluding hydrogens is 238 g/mol. The van der Waals surface area contributed by atoms with E-state index in [1.807, 2.05) is 6.07 Å². The number of rotatable bonds is 6. The molecule has 1 N–H and O–H groups in total. The van der Waals surface area contributed by atoms with E-state index in [1.54, 1.807) is 0 Å². The van der Waals surface area contributed by atoms with E-state index < -0.39 is 0 Å². The van der Waals surface area contributed by atoms with Gasteiger partial charge in [0, 0.05) is 5.92 Å². The first-order valence-electron chi connectivity index (χ1n) is 6.96. The minimum Gasteiger partial charge on any atom is -0.424 e. The number of benzene rings is 1. The summed E-state index contributed by atoms with van der Waals surface area (Å²) in [7, 11) is 0. The maximum atomic E-state index is 5.72. The van der Waals surface area contributed by atoms with Gasteiger partial charge in [-0.2, -0.15) is 0 Å². The average Bonchev–Trinajstić information content (AvgIpc) is 3.12. The van der Waals surface area contributed by atoms with Crippen LogP contribution in [0, 0.1) is 0 Å². The predicted molar refractivity (Wildman–Crippen MR) is 72.8 cm³/mol. The summed E-state index contributed by atoms with van der Waals surface area (Å²) in [5.74, 6) is 2.46. The van der Waals surface area contributed by atoms with Crippen LogP contribution in [0.1, 0.15) is 48.9 Å². The Bertz CT molecular complexity index is 523. The smallest absolute Gasteiger partial charge is 0.230 e. The van der Waals surface area contributed by atoms with Crippen molar-refractivity contribution < 1.29 is 4.42 Å². The standard InChI is InChI=1S/C15H19N3O/c1-2-8-16-10-14-17-18-15(19-14)13-9-12(13)11-6-4-3-5-7-11/h3-7,12-13,16H,2,8-10H2,1H3. The highest BCUT2D eigenvalue weighted by atomic mass is 16.4. The van der Waals surface area contributed by atoms with Crippen molar-refractivity contribution in [2.75, 3.05) is 6.54 Å². The predicted octanol–water partition coefficient (Wildman–Crippen LogP) is 2.84. The van der Waals surface area contributed by atoms with Gasteiger partial charge in [0.05, 0.1) is 6.54 Å². The van der Waals surface area contributed by atoms with Gasteiger partial charge in [-0.25, -0.2) is 0 Å².